The van der Waals surface area contributed by atoms with Crippen LogP contribution in [0.3, 0.4) is 0 Å². The van der Waals surface area contributed by atoms with Crippen LogP contribution in [0.25, 0.3) is 0 Å². The van der Waals surface area contributed by atoms with Crippen molar-refractivity contribution in [2.45, 2.75) is 6.54 Å². The molecule has 1 heterocycles. The number of rotatable bonds is 2. The molecule has 5 nitrogen and oxygen atoms in total. The Hall–Kier alpha value is -2.19. The average molecular weight is 229 g/mol. The highest BCUT2D eigenvalue weighted by Crippen LogP contribution is 2.12. The zero-order chi connectivity index (χ0) is 12.3. The molecule has 1 fully saturated rings. The summed E-state index contributed by atoms with van der Waals surface area (Å²) in [4.78, 5) is 24.3. The van der Waals surface area contributed by atoms with E-state index in [1.54, 1.807) is 24.3 Å². The molecule has 0 aromatic heterocycles. The number of piperazine rings is 1. The van der Waals surface area contributed by atoms with E-state index in [1.165, 1.54) is 4.90 Å². The lowest BCUT2D eigenvalue weighted by atomic mass is 10.1. The summed E-state index contributed by atoms with van der Waals surface area (Å²) in [5.74, 6) is -0.511. The molecule has 0 unspecified atom stereocenters. The maximum atomic E-state index is 11.6. The van der Waals surface area contributed by atoms with E-state index in [1.807, 2.05) is 6.07 Å². The van der Waals surface area contributed by atoms with Gasteiger partial charge in [-0.3, -0.25) is 19.8 Å². The highest BCUT2D eigenvalue weighted by molar-refractivity contribution is 5.99. The molecule has 1 N–H and O–H groups in total. The Morgan fingerprint density at radius 2 is 1.88 bits per heavy atom. The lowest BCUT2D eigenvalue weighted by Gasteiger charge is -2.25. The Morgan fingerprint density at radius 3 is 2.53 bits per heavy atom. The van der Waals surface area contributed by atoms with E-state index in [4.69, 9.17) is 5.26 Å². The summed E-state index contributed by atoms with van der Waals surface area (Å²) in [5.41, 5.74) is 1.19. The van der Waals surface area contributed by atoms with Crippen molar-refractivity contribution < 1.29 is 9.59 Å². The first-order valence-corrected chi connectivity index (χ1v) is 5.24. The molecule has 1 saturated heterocycles. The van der Waals surface area contributed by atoms with Gasteiger partial charge in [-0.15, -0.1) is 0 Å². The van der Waals surface area contributed by atoms with Crippen LogP contribution < -0.4 is 5.32 Å². The van der Waals surface area contributed by atoms with Crippen LogP contribution >= 0.6 is 0 Å². The molecule has 1 aromatic carbocycles. The third-order valence-electron chi connectivity index (χ3n) is 2.62. The average Bonchev–Trinajstić information content (AvgIpc) is 2.34. The molecule has 0 radical (unpaired) electrons. The molecule has 1 aromatic rings. The van der Waals surface area contributed by atoms with Crippen molar-refractivity contribution in [1.82, 2.24) is 10.2 Å². The number of carbonyl (C=O) groups excluding carboxylic acids is 2. The summed E-state index contributed by atoms with van der Waals surface area (Å²) in [5, 5.41) is 11.7. The van der Waals surface area contributed by atoms with Gasteiger partial charge in [-0.1, -0.05) is 18.2 Å². The monoisotopic (exact) mass is 229 g/mol. The fourth-order valence-electron chi connectivity index (χ4n) is 1.72. The molecule has 2 amide bonds. The summed E-state index contributed by atoms with van der Waals surface area (Å²) in [6.07, 6.45) is 0. The van der Waals surface area contributed by atoms with E-state index >= 15 is 0 Å². The number of nitriles is 1. The molecule has 1 aliphatic rings. The lowest BCUT2D eigenvalue weighted by Crippen LogP contribution is -2.51. The first kappa shape index (κ1) is 11.3. The number of carbonyl (C=O) groups is 2. The van der Waals surface area contributed by atoms with Gasteiger partial charge in [0.1, 0.15) is 0 Å². The van der Waals surface area contributed by atoms with E-state index in [9.17, 15) is 9.59 Å². The topological polar surface area (TPSA) is 73.2 Å². The predicted molar refractivity (Wildman–Crippen MR) is 59.6 cm³/mol. The predicted octanol–water partition coefficient (Wildman–Crippen LogP) is 0.0167. The number of imide groups is 1. The molecule has 17 heavy (non-hydrogen) atoms. The van der Waals surface area contributed by atoms with Crippen LogP contribution in [0.5, 0.6) is 0 Å². The number of nitrogens with one attached hydrogen (secondary N) is 1. The largest absolute Gasteiger partial charge is 0.300 e. The number of benzene rings is 1. The summed E-state index contributed by atoms with van der Waals surface area (Å²) in [6, 6.07) is 9.01. The summed E-state index contributed by atoms with van der Waals surface area (Å²) in [7, 11) is 0. The molecule has 0 atom stereocenters. The first-order valence-electron chi connectivity index (χ1n) is 5.24. The molecular weight excluding hydrogens is 218 g/mol. The van der Waals surface area contributed by atoms with Crippen molar-refractivity contribution in [3.8, 4) is 6.07 Å². The van der Waals surface area contributed by atoms with Crippen LogP contribution in [0.1, 0.15) is 11.1 Å². The van der Waals surface area contributed by atoms with Crippen LogP contribution in [0.4, 0.5) is 0 Å². The number of hydrogen-bond acceptors (Lipinski definition) is 4. The van der Waals surface area contributed by atoms with Crippen molar-refractivity contribution in [3.05, 3.63) is 35.4 Å². The van der Waals surface area contributed by atoms with Gasteiger partial charge in [0, 0.05) is 0 Å². The third-order valence-corrected chi connectivity index (χ3v) is 2.62. The minimum atomic E-state index is -0.256. The van der Waals surface area contributed by atoms with Crippen molar-refractivity contribution in [2.75, 3.05) is 13.1 Å². The van der Waals surface area contributed by atoms with Gasteiger partial charge < -0.3 is 0 Å². The van der Waals surface area contributed by atoms with Gasteiger partial charge in [-0.2, -0.15) is 5.26 Å². The van der Waals surface area contributed by atoms with Gasteiger partial charge in [0.25, 0.3) is 0 Å². The Morgan fingerprint density at radius 1 is 1.24 bits per heavy atom. The molecule has 0 aliphatic carbocycles. The van der Waals surface area contributed by atoms with Gasteiger partial charge >= 0.3 is 0 Å². The number of amides is 2. The molecule has 0 saturated carbocycles. The van der Waals surface area contributed by atoms with E-state index < -0.39 is 0 Å². The first-order chi connectivity index (χ1) is 8.22. The minimum absolute atomic E-state index is 0.167. The second kappa shape index (κ2) is 4.76. The second-order valence-electron chi connectivity index (χ2n) is 3.75. The highest BCUT2D eigenvalue weighted by Gasteiger charge is 2.25. The highest BCUT2D eigenvalue weighted by atomic mass is 16.2. The van der Waals surface area contributed by atoms with E-state index in [0.29, 0.717) is 11.1 Å². The van der Waals surface area contributed by atoms with Gasteiger partial charge in [0.2, 0.25) is 11.8 Å². The Kier molecular flexibility index (Phi) is 3.17. The van der Waals surface area contributed by atoms with E-state index in [-0.39, 0.29) is 31.4 Å². The third kappa shape index (κ3) is 2.32. The van der Waals surface area contributed by atoms with Crippen LogP contribution in [-0.4, -0.2) is 29.8 Å². The molecule has 1 aliphatic heterocycles. The molecule has 5 heteroatoms. The van der Waals surface area contributed by atoms with Crippen LogP contribution in [-0.2, 0) is 16.1 Å². The smallest absolute Gasteiger partial charge is 0.243 e. The van der Waals surface area contributed by atoms with Crippen molar-refractivity contribution >= 4 is 11.8 Å². The Bertz CT molecular complexity index is 489. The fourth-order valence-corrected chi connectivity index (χ4v) is 1.72. The fraction of sp³-hybridized carbons (Fsp3) is 0.250. The van der Waals surface area contributed by atoms with Crippen LogP contribution in [0.2, 0.25) is 0 Å². The van der Waals surface area contributed by atoms with Gasteiger partial charge in [0.15, 0.2) is 0 Å². The summed E-state index contributed by atoms with van der Waals surface area (Å²) >= 11 is 0. The van der Waals surface area contributed by atoms with E-state index in [2.05, 4.69) is 5.32 Å². The van der Waals surface area contributed by atoms with Crippen molar-refractivity contribution in [3.63, 3.8) is 0 Å². The van der Waals surface area contributed by atoms with Gasteiger partial charge in [0.05, 0.1) is 31.3 Å². The second-order valence-corrected chi connectivity index (χ2v) is 3.75. The van der Waals surface area contributed by atoms with Crippen molar-refractivity contribution in [2.24, 2.45) is 0 Å². The molecule has 0 bridgehead atoms. The van der Waals surface area contributed by atoms with Crippen molar-refractivity contribution in [1.29, 1.82) is 5.26 Å². The van der Waals surface area contributed by atoms with Gasteiger partial charge in [-0.25, -0.2) is 0 Å². The lowest BCUT2D eigenvalue weighted by molar-refractivity contribution is -0.147. The molecular formula is C12H11N3O2. The standard InChI is InChI=1S/C12H11N3O2/c13-5-9-3-1-2-4-10(9)8-15-11(16)6-14-7-12(15)17/h1-4,14H,6-8H2. The Labute approximate surface area is 98.6 Å². The maximum Gasteiger partial charge on any atom is 0.243 e. The van der Waals surface area contributed by atoms with Crippen LogP contribution in [0.15, 0.2) is 24.3 Å². The quantitative estimate of drug-likeness (QED) is 0.725. The number of nitrogens with zero attached hydrogens (tertiary/aromatic N) is 2. The normalized spacial score (nSPS) is 15.8. The zero-order valence-electron chi connectivity index (χ0n) is 9.14. The molecule has 86 valence electrons. The SMILES string of the molecule is N#Cc1ccccc1CN1C(=O)CNCC1=O. The molecule has 2 rings (SSSR count). The minimum Gasteiger partial charge on any atom is -0.300 e. The Balaban J connectivity index is 2.23. The van der Waals surface area contributed by atoms with Crippen LogP contribution in [0, 0.1) is 11.3 Å². The summed E-state index contributed by atoms with van der Waals surface area (Å²) < 4.78 is 0. The van der Waals surface area contributed by atoms with E-state index in [0.717, 1.165) is 0 Å². The zero-order valence-corrected chi connectivity index (χ0v) is 9.14. The maximum absolute atomic E-state index is 11.6. The van der Waals surface area contributed by atoms with Gasteiger partial charge in [-0.05, 0) is 11.6 Å². The number of hydrogen-bond donors (Lipinski definition) is 1. The molecule has 0 spiro atoms. The summed E-state index contributed by atoms with van der Waals surface area (Å²) in [6.45, 7) is 0.504.